The van der Waals surface area contributed by atoms with Gasteiger partial charge in [0.05, 0.1) is 0 Å². The van der Waals surface area contributed by atoms with Crippen LogP contribution in [0.3, 0.4) is 0 Å². The fraction of sp³-hybridized carbons (Fsp3) is 0.591. The van der Waals surface area contributed by atoms with Crippen LogP contribution >= 0.6 is 0 Å². The van der Waals surface area contributed by atoms with Crippen molar-refractivity contribution < 1.29 is 28.6 Å². The molecule has 0 spiro atoms. The summed E-state index contributed by atoms with van der Waals surface area (Å²) in [6.07, 6.45) is 0.579. The number of ether oxygens (including phenoxy) is 3. The molecular formula is C22H32O6. The molecule has 1 rings (SSSR count). The van der Waals surface area contributed by atoms with Crippen molar-refractivity contribution in [1.29, 1.82) is 0 Å². The zero-order chi connectivity index (χ0) is 21.4. The van der Waals surface area contributed by atoms with Crippen molar-refractivity contribution in [2.24, 2.45) is 5.92 Å². The molecule has 0 aromatic heterocycles. The van der Waals surface area contributed by atoms with Gasteiger partial charge in [0, 0.05) is 6.42 Å². The first kappa shape index (κ1) is 23.7. The van der Waals surface area contributed by atoms with Gasteiger partial charge in [0.2, 0.25) is 0 Å². The van der Waals surface area contributed by atoms with E-state index in [1.165, 1.54) is 0 Å². The first-order valence-corrected chi connectivity index (χ1v) is 9.53. The largest absolute Gasteiger partial charge is 0.461 e. The third kappa shape index (κ3) is 10.1. The number of rotatable bonds is 8. The van der Waals surface area contributed by atoms with Crippen LogP contribution in [-0.4, -0.2) is 29.1 Å². The van der Waals surface area contributed by atoms with E-state index in [1.54, 1.807) is 41.5 Å². The maximum Gasteiger partial charge on any atom is 0.320 e. The highest BCUT2D eigenvalue weighted by Gasteiger charge is 2.34. The molecule has 0 aliphatic carbocycles. The second kappa shape index (κ2) is 10.2. The third-order valence-electron chi connectivity index (χ3n) is 3.50. The fourth-order valence-electron chi connectivity index (χ4n) is 2.34. The SMILES string of the molecule is CC(C)(C)OC(=O)C(CCCC(=O)OCc1ccccc1)C(=O)OC(C)(C)C. The Morgan fingerprint density at radius 3 is 1.82 bits per heavy atom. The molecule has 0 aliphatic rings. The summed E-state index contributed by atoms with van der Waals surface area (Å²) >= 11 is 0. The highest BCUT2D eigenvalue weighted by molar-refractivity contribution is 5.95. The topological polar surface area (TPSA) is 78.9 Å². The quantitative estimate of drug-likeness (QED) is 0.375. The minimum Gasteiger partial charge on any atom is -0.461 e. The number of carbonyl (C=O) groups excluding carboxylic acids is 3. The molecule has 6 nitrogen and oxygen atoms in total. The van der Waals surface area contributed by atoms with Crippen LogP contribution in [0.15, 0.2) is 30.3 Å². The zero-order valence-corrected chi connectivity index (χ0v) is 17.7. The van der Waals surface area contributed by atoms with Crippen molar-refractivity contribution >= 4 is 17.9 Å². The van der Waals surface area contributed by atoms with Gasteiger partial charge in [-0.2, -0.15) is 0 Å². The number of hydrogen-bond acceptors (Lipinski definition) is 6. The first-order chi connectivity index (χ1) is 12.9. The molecule has 1 aromatic carbocycles. The Kier molecular flexibility index (Phi) is 8.66. The summed E-state index contributed by atoms with van der Waals surface area (Å²) in [7, 11) is 0. The number of benzene rings is 1. The number of hydrogen-bond donors (Lipinski definition) is 0. The molecule has 6 heteroatoms. The van der Waals surface area contributed by atoms with Gasteiger partial charge < -0.3 is 14.2 Å². The maximum atomic E-state index is 12.4. The highest BCUT2D eigenvalue weighted by atomic mass is 16.6. The lowest BCUT2D eigenvalue weighted by Crippen LogP contribution is -2.37. The van der Waals surface area contributed by atoms with Gasteiger partial charge >= 0.3 is 17.9 Å². The van der Waals surface area contributed by atoms with Gasteiger partial charge in [-0.1, -0.05) is 30.3 Å². The van der Waals surface area contributed by atoms with Gasteiger partial charge in [-0.05, 0) is 59.9 Å². The lowest BCUT2D eigenvalue weighted by atomic mass is 10.0. The summed E-state index contributed by atoms with van der Waals surface area (Å²) in [6.45, 7) is 10.6. The Labute approximate surface area is 167 Å². The van der Waals surface area contributed by atoms with E-state index in [2.05, 4.69) is 0 Å². The van der Waals surface area contributed by atoms with Crippen LogP contribution in [0.2, 0.25) is 0 Å². The molecule has 1 aromatic rings. The molecule has 0 unspecified atom stereocenters. The first-order valence-electron chi connectivity index (χ1n) is 9.53. The van der Waals surface area contributed by atoms with E-state index in [-0.39, 0.29) is 25.4 Å². The van der Waals surface area contributed by atoms with Crippen LogP contribution in [-0.2, 0) is 35.2 Å². The molecular weight excluding hydrogens is 360 g/mol. The molecule has 0 amide bonds. The van der Waals surface area contributed by atoms with E-state index < -0.39 is 29.1 Å². The highest BCUT2D eigenvalue weighted by Crippen LogP contribution is 2.20. The lowest BCUT2D eigenvalue weighted by Gasteiger charge is -2.26. The molecule has 0 aliphatic heterocycles. The summed E-state index contributed by atoms with van der Waals surface area (Å²) in [6, 6.07) is 9.37. The third-order valence-corrected chi connectivity index (χ3v) is 3.50. The van der Waals surface area contributed by atoms with Gasteiger partial charge in [0.15, 0.2) is 5.92 Å². The summed E-state index contributed by atoms with van der Waals surface area (Å²) in [5, 5.41) is 0. The van der Waals surface area contributed by atoms with E-state index >= 15 is 0 Å². The van der Waals surface area contributed by atoms with E-state index in [0.717, 1.165) is 5.56 Å². The molecule has 28 heavy (non-hydrogen) atoms. The lowest BCUT2D eigenvalue weighted by molar-refractivity contribution is -0.175. The van der Waals surface area contributed by atoms with Gasteiger partial charge in [-0.25, -0.2) is 0 Å². The van der Waals surface area contributed by atoms with E-state index in [4.69, 9.17) is 14.2 Å². The predicted octanol–water partition coefficient (Wildman–Crippen LogP) is 4.20. The van der Waals surface area contributed by atoms with Gasteiger partial charge in [-0.15, -0.1) is 0 Å². The summed E-state index contributed by atoms with van der Waals surface area (Å²) < 4.78 is 15.9. The Hall–Kier alpha value is -2.37. The molecule has 0 fully saturated rings. The number of carbonyl (C=O) groups is 3. The van der Waals surface area contributed by atoms with Crippen molar-refractivity contribution in [1.82, 2.24) is 0 Å². The summed E-state index contributed by atoms with van der Waals surface area (Å²) in [5.74, 6) is -2.73. The van der Waals surface area contributed by atoms with E-state index in [0.29, 0.717) is 6.42 Å². The number of esters is 3. The molecule has 156 valence electrons. The van der Waals surface area contributed by atoms with Gasteiger partial charge in [0.25, 0.3) is 0 Å². The minimum absolute atomic E-state index is 0.106. The molecule has 0 heterocycles. The Morgan fingerprint density at radius 2 is 1.36 bits per heavy atom. The fourth-order valence-corrected chi connectivity index (χ4v) is 2.34. The average molecular weight is 392 g/mol. The minimum atomic E-state index is -1.07. The predicted molar refractivity (Wildman–Crippen MR) is 105 cm³/mol. The smallest absolute Gasteiger partial charge is 0.320 e. The molecule has 0 radical (unpaired) electrons. The molecule has 0 N–H and O–H groups in total. The monoisotopic (exact) mass is 392 g/mol. The average Bonchev–Trinajstić information content (AvgIpc) is 2.54. The van der Waals surface area contributed by atoms with Crippen molar-refractivity contribution in [3.05, 3.63) is 35.9 Å². The summed E-state index contributed by atoms with van der Waals surface area (Å²) in [5.41, 5.74) is -0.533. The van der Waals surface area contributed by atoms with Crippen LogP contribution in [0.25, 0.3) is 0 Å². The van der Waals surface area contributed by atoms with Crippen molar-refractivity contribution in [3.8, 4) is 0 Å². The normalized spacial score (nSPS) is 11.8. The van der Waals surface area contributed by atoms with Crippen LogP contribution < -0.4 is 0 Å². The second-order valence-corrected chi connectivity index (χ2v) is 8.66. The van der Waals surface area contributed by atoms with Gasteiger partial charge in [0.1, 0.15) is 17.8 Å². The maximum absolute atomic E-state index is 12.4. The van der Waals surface area contributed by atoms with Crippen LogP contribution in [0.4, 0.5) is 0 Å². The van der Waals surface area contributed by atoms with Crippen LogP contribution in [0, 0.1) is 5.92 Å². The van der Waals surface area contributed by atoms with Crippen LogP contribution in [0.1, 0.15) is 66.4 Å². The Balaban J connectivity index is 2.58. The molecule has 0 saturated heterocycles. The van der Waals surface area contributed by atoms with E-state index in [1.807, 2.05) is 30.3 Å². The van der Waals surface area contributed by atoms with Crippen molar-refractivity contribution in [2.75, 3.05) is 0 Å². The molecule has 0 saturated carbocycles. The summed E-state index contributed by atoms with van der Waals surface area (Å²) in [4.78, 5) is 36.8. The van der Waals surface area contributed by atoms with E-state index in [9.17, 15) is 14.4 Å². The van der Waals surface area contributed by atoms with Gasteiger partial charge in [-0.3, -0.25) is 14.4 Å². The molecule has 0 atom stereocenters. The standard InChI is InChI=1S/C22H32O6/c1-21(2,3)27-19(24)17(20(25)28-22(4,5)6)13-10-14-18(23)26-15-16-11-8-7-9-12-16/h7-9,11-12,17H,10,13-15H2,1-6H3. The Bertz CT molecular complexity index is 624. The molecule has 0 bridgehead atoms. The second-order valence-electron chi connectivity index (χ2n) is 8.66. The van der Waals surface area contributed by atoms with Crippen molar-refractivity contribution in [2.45, 2.75) is 78.6 Å². The van der Waals surface area contributed by atoms with Crippen LogP contribution in [0.5, 0.6) is 0 Å². The Morgan fingerprint density at radius 1 is 0.857 bits per heavy atom. The zero-order valence-electron chi connectivity index (χ0n) is 17.7. The van der Waals surface area contributed by atoms with Crippen molar-refractivity contribution in [3.63, 3.8) is 0 Å².